The van der Waals surface area contributed by atoms with Gasteiger partial charge in [0.2, 0.25) is 0 Å². The third-order valence-electron chi connectivity index (χ3n) is 4.39. The van der Waals surface area contributed by atoms with Gasteiger partial charge in [-0.2, -0.15) is 0 Å². The number of hydrogen-bond donors (Lipinski definition) is 2. The lowest BCUT2D eigenvalue weighted by atomic mass is 10.1. The molecule has 0 fully saturated rings. The normalized spacial score (nSPS) is 11.7. The van der Waals surface area contributed by atoms with Gasteiger partial charge in [0, 0.05) is 17.8 Å². The average Bonchev–Trinajstić information content (AvgIpc) is 2.71. The smallest absolute Gasteiger partial charge is 0.270 e. The Labute approximate surface area is 180 Å². The molecule has 0 unspecified atom stereocenters. The number of sulfonamides is 2. The molecule has 0 aliphatic heterocycles. The summed E-state index contributed by atoms with van der Waals surface area (Å²) < 4.78 is 55.2. The lowest BCUT2D eigenvalue weighted by Crippen LogP contribution is -2.15. The molecule has 11 heteroatoms. The molecule has 3 aromatic rings. The third-order valence-corrected chi connectivity index (χ3v) is 7.15. The van der Waals surface area contributed by atoms with Crippen molar-refractivity contribution in [1.82, 2.24) is 0 Å². The van der Waals surface area contributed by atoms with Gasteiger partial charge in [-0.05, 0) is 61.4 Å². The van der Waals surface area contributed by atoms with Crippen LogP contribution in [0.2, 0.25) is 0 Å². The predicted molar refractivity (Wildman–Crippen MR) is 117 cm³/mol. The quantitative estimate of drug-likeness (QED) is 0.406. The summed E-state index contributed by atoms with van der Waals surface area (Å²) in [6.07, 6.45) is 0. The van der Waals surface area contributed by atoms with E-state index in [4.69, 9.17) is 0 Å². The highest BCUT2D eigenvalue weighted by Gasteiger charge is 2.19. The Kier molecular flexibility index (Phi) is 6.00. The molecule has 0 spiro atoms. The molecule has 2 N–H and O–H groups in total. The zero-order valence-corrected chi connectivity index (χ0v) is 18.2. The molecule has 0 heterocycles. The fraction of sp³-hybridized carbons (Fsp3) is 0.100. The first-order chi connectivity index (χ1) is 14.5. The number of anilines is 2. The maximum atomic E-state index is 12.7. The van der Waals surface area contributed by atoms with E-state index in [-0.39, 0.29) is 21.2 Å². The number of rotatable bonds is 7. The van der Waals surface area contributed by atoms with Gasteiger partial charge in [-0.1, -0.05) is 18.2 Å². The molecule has 0 aliphatic carbocycles. The standard InChI is InChI=1S/C20H19N3O6S2/c1-14-6-7-15(2)20(12-14)22-30(26,27)18-10-8-16(9-11-18)21-31(28,29)19-5-3-4-17(13-19)23(24)25/h3-13,21-22H,1-2H3. The van der Waals surface area contributed by atoms with E-state index in [1.807, 2.05) is 13.0 Å². The van der Waals surface area contributed by atoms with Crippen molar-refractivity contribution in [2.24, 2.45) is 0 Å². The zero-order valence-electron chi connectivity index (χ0n) is 16.6. The lowest BCUT2D eigenvalue weighted by molar-refractivity contribution is -0.385. The molecular weight excluding hydrogens is 442 g/mol. The molecule has 31 heavy (non-hydrogen) atoms. The fourth-order valence-corrected chi connectivity index (χ4v) is 4.95. The highest BCUT2D eigenvalue weighted by Crippen LogP contribution is 2.24. The maximum absolute atomic E-state index is 12.7. The summed E-state index contributed by atoms with van der Waals surface area (Å²) in [6.45, 7) is 3.63. The monoisotopic (exact) mass is 461 g/mol. The van der Waals surface area contributed by atoms with Crippen molar-refractivity contribution in [2.75, 3.05) is 9.44 Å². The average molecular weight is 462 g/mol. The predicted octanol–water partition coefficient (Wildman–Crippen LogP) is 3.81. The van der Waals surface area contributed by atoms with Crippen LogP contribution in [0.5, 0.6) is 0 Å². The summed E-state index contributed by atoms with van der Waals surface area (Å²) in [7, 11) is -7.98. The summed E-state index contributed by atoms with van der Waals surface area (Å²) in [4.78, 5) is 9.84. The molecule has 0 aliphatic rings. The fourth-order valence-electron chi connectivity index (χ4n) is 2.73. The Morgan fingerprint density at radius 2 is 1.42 bits per heavy atom. The van der Waals surface area contributed by atoms with Crippen LogP contribution in [-0.2, 0) is 20.0 Å². The van der Waals surface area contributed by atoms with Gasteiger partial charge in [-0.15, -0.1) is 0 Å². The molecule has 162 valence electrons. The molecular formula is C20H19N3O6S2. The Bertz CT molecular complexity index is 1350. The van der Waals surface area contributed by atoms with Gasteiger partial charge in [0.25, 0.3) is 25.7 Å². The van der Waals surface area contributed by atoms with Crippen molar-refractivity contribution in [3.05, 3.63) is 88.0 Å². The first kappa shape index (κ1) is 22.2. The van der Waals surface area contributed by atoms with Crippen molar-refractivity contribution in [3.8, 4) is 0 Å². The van der Waals surface area contributed by atoms with Gasteiger partial charge in [-0.3, -0.25) is 19.6 Å². The van der Waals surface area contributed by atoms with Crippen molar-refractivity contribution in [1.29, 1.82) is 0 Å². The highest BCUT2D eigenvalue weighted by atomic mass is 32.2. The van der Waals surface area contributed by atoms with Crippen molar-refractivity contribution in [2.45, 2.75) is 23.6 Å². The van der Waals surface area contributed by atoms with Crippen LogP contribution < -0.4 is 9.44 Å². The molecule has 9 nitrogen and oxygen atoms in total. The van der Waals surface area contributed by atoms with Gasteiger partial charge in [0.1, 0.15) is 0 Å². The minimum absolute atomic E-state index is 0.0493. The van der Waals surface area contributed by atoms with Crippen molar-refractivity contribution in [3.63, 3.8) is 0 Å². The van der Waals surface area contributed by atoms with Crippen molar-refractivity contribution >= 4 is 37.1 Å². The van der Waals surface area contributed by atoms with E-state index in [2.05, 4.69) is 9.44 Å². The SMILES string of the molecule is Cc1ccc(C)c(NS(=O)(=O)c2ccc(NS(=O)(=O)c3cccc([N+](=O)[O-])c3)cc2)c1. The van der Waals surface area contributed by atoms with Crippen LogP contribution in [0.1, 0.15) is 11.1 Å². The number of benzene rings is 3. The van der Waals surface area contributed by atoms with E-state index in [1.54, 1.807) is 19.1 Å². The highest BCUT2D eigenvalue weighted by molar-refractivity contribution is 7.93. The first-order valence-electron chi connectivity index (χ1n) is 8.95. The number of nitrogens with zero attached hydrogens (tertiary/aromatic N) is 1. The number of nitro benzene ring substituents is 1. The number of nitro groups is 1. The van der Waals surface area contributed by atoms with E-state index in [0.29, 0.717) is 5.69 Å². The topological polar surface area (TPSA) is 135 Å². The second kappa shape index (κ2) is 8.36. The van der Waals surface area contributed by atoms with E-state index in [1.165, 1.54) is 42.5 Å². The Hall–Kier alpha value is -3.44. The van der Waals surface area contributed by atoms with Crippen LogP contribution in [0.25, 0.3) is 0 Å². The number of hydrogen-bond acceptors (Lipinski definition) is 6. The van der Waals surface area contributed by atoms with Gasteiger partial charge in [0.05, 0.1) is 20.4 Å². The molecule has 3 aromatic carbocycles. The van der Waals surface area contributed by atoms with Gasteiger partial charge >= 0.3 is 0 Å². The summed E-state index contributed by atoms with van der Waals surface area (Å²) in [5.41, 5.74) is 1.86. The Balaban J connectivity index is 1.82. The summed E-state index contributed by atoms with van der Waals surface area (Å²) in [6, 6.07) is 15.1. The van der Waals surface area contributed by atoms with Crippen LogP contribution >= 0.6 is 0 Å². The second-order valence-corrected chi connectivity index (χ2v) is 10.2. The lowest BCUT2D eigenvalue weighted by Gasteiger charge is -2.12. The molecule has 0 aromatic heterocycles. The number of non-ortho nitro benzene ring substituents is 1. The largest absolute Gasteiger partial charge is 0.280 e. The molecule has 3 rings (SSSR count). The summed E-state index contributed by atoms with van der Waals surface area (Å²) in [5, 5.41) is 10.9. The second-order valence-electron chi connectivity index (χ2n) is 6.81. The zero-order chi connectivity index (χ0) is 22.8. The molecule has 0 radical (unpaired) electrons. The molecule has 0 saturated carbocycles. The maximum Gasteiger partial charge on any atom is 0.270 e. The Morgan fingerprint density at radius 3 is 2.06 bits per heavy atom. The number of nitrogens with one attached hydrogen (secondary N) is 2. The molecule has 0 atom stereocenters. The molecule has 0 saturated heterocycles. The minimum Gasteiger partial charge on any atom is -0.280 e. The number of aryl methyl sites for hydroxylation is 2. The Morgan fingerprint density at radius 1 is 0.774 bits per heavy atom. The van der Waals surface area contributed by atoms with Crippen LogP contribution in [0, 0.1) is 24.0 Å². The minimum atomic E-state index is -4.10. The van der Waals surface area contributed by atoms with Gasteiger partial charge in [-0.25, -0.2) is 16.8 Å². The van der Waals surface area contributed by atoms with E-state index < -0.39 is 25.0 Å². The summed E-state index contributed by atoms with van der Waals surface area (Å²) >= 11 is 0. The first-order valence-corrected chi connectivity index (χ1v) is 11.9. The van der Waals surface area contributed by atoms with Crippen molar-refractivity contribution < 1.29 is 21.8 Å². The van der Waals surface area contributed by atoms with Crippen LogP contribution in [0.15, 0.2) is 76.5 Å². The summed E-state index contributed by atoms with van der Waals surface area (Å²) in [5.74, 6) is 0. The van der Waals surface area contributed by atoms with Gasteiger partial charge in [0.15, 0.2) is 0 Å². The van der Waals surface area contributed by atoms with Crippen LogP contribution in [0.4, 0.5) is 17.1 Å². The van der Waals surface area contributed by atoms with E-state index >= 15 is 0 Å². The van der Waals surface area contributed by atoms with Crippen LogP contribution in [-0.4, -0.2) is 21.8 Å². The van der Waals surface area contributed by atoms with Gasteiger partial charge < -0.3 is 0 Å². The third kappa shape index (κ3) is 5.19. The van der Waals surface area contributed by atoms with E-state index in [9.17, 15) is 26.9 Å². The molecule has 0 bridgehead atoms. The molecule has 0 amide bonds. The van der Waals surface area contributed by atoms with E-state index in [0.717, 1.165) is 17.2 Å². The van der Waals surface area contributed by atoms with Crippen LogP contribution in [0.3, 0.4) is 0 Å².